The number of carbonyl (C=O) groups excluding carboxylic acids is 1. The number of aromatic nitrogens is 3. The zero-order valence-corrected chi connectivity index (χ0v) is 15.2. The minimum absolute atomic E-state index is 0.0791. The Bertz CT molecular complexity index is 675. The Hall–Kier alpha value is -1.73. The van der Waals surface area contributed by atoms with Gasteiger partial charge >= 0.3 is 0 Å². The summed E-state index contributed by atoms with van der Waals surface area (Å²) < 4.78 is 7.54. The predicted octanol–water partition coefficient (Wildman–Crippen LogP) is 2.57. The van der Waals surface area contributed by atoms with Crippen LogP contribution in [0.2, 0.25) is 0 Å². The van der Waals surface area contributed by atoms with E-state index >= 15 is 0 Å². The van der Waals surface area contributed by atoms with Gasteiger partial charge in [0, 0.05) is 23.9 Å². The number of hydrogen-bond acceptors (Lipinski definition) is 5. The molecule has 2 atom stereocenters. The van der Waals surface area contributed by atoms with Crippen LogP contribution < -0.4 is 5.32 Å². The van der Waals surface area contributed by atoms with E-state index in [4.69, 9.17) is 4.74 Å². The van der Waals surface area contributed by atoms with Gasteiger partial charge in [-0.15, -0.1) is 16.4 Å². The Balaban J connectivity index is 1.55. The molecule has 6 nitrogen and oxygen atoms in total. The summed E-state index contributed by atoms with van der Waals surface area (Å²) in [5, 5.41) is 13.0. The van der Waals surface area contributed by atoms with Crippen LogP contribution in [-0.2, 0) is 11.3 Å². The van der Waals surface area contributed by atoms with Gasteiger partial charge in [0.15, 0.2) is 5.69 Å². The summed E-state index contributed by atoms with van der Waals surface area (Å²) in [5.74, 6) is 0.169. The molecule has 130 valence electrons. The van der Waals surface area contributed by atoms with Crippen LogP contribution in [-0.4, -0.2) is 40.2 Å². The number of rotatable bonds is 5. The molecule has 0 spiro atoms. The third kappa shape index (κ3) is 4.02. The first kappa shape index (κ1) is 17.1. The number of amides is 1. The quantitative estimate of drug-likeness (QED) is 0.902. The molecule has 1 amide bonds. The maximum absolute atomic E-state index is 12.3. The maximum atomic E-state index is 12.3. The van der Waals surface area contributed by atoms with Crippen LogP contribution in [0.4, 0.5) is 0 Å². The summed E-state index contributed by atoms with van der Waals surface area (Å²) in [6, 6.07) is 4.04. The SMILES string of the molecule is CC(C)(C)[C@H]1OCC[C@@H]1CNC(=O)c1cn(Cc2cccs2)nn1. The molecule has 0 radical (unpaired) electrons. The minimum atomic E-state index is -0.174. The van der Waals surface area contributed by atoms with E-state index in [0.717, 1.165) is 13.0 Å². The molecule has 0 unspecified atom stereocenters. The third-order valence-electron chi connectivity index (χ3n) is 4.26. The lowest BCUT2D eigenvalue weighted by atomic mass is 9.81. The molecule has 0 aromatic carbocycles. The van der Waals surface area contributed by atoms with E-state index in [2.05, 4.69) is 36.4 Å². The van der Waals surface area contributed by atoms with Crippen molar-refractivity contribution in [1.29, 1.82) is 0 Å². The summed E-state index contributed by atoms with van der Waals surface area (Å²) in [5.41, 5.74) is 0.438. The van der Waals surface area contributed by atoms with E-state index in [1.807, 2.05) is 17.5 Å². The first-order chi connectivity index (χ1) is 11.4. The van der Waals surface area contributed by atoms with Crippen LogP contribution in [0.15, 0.2) is 23.7 Å². The molecule has 1 N–H and O–H groups in total. The van der Waals surface area contributed by atoms with Crippen LogP contribution >= 0.6 is 11.3 Å². The summed E-state index contributed by atoms with van der Waals surface area (Å²) in [6.07, 6.45) is 2.85. The monoisotopic (exact) mass is 348 g/mol. The van der Waals surface area contributed by atoms with Gasteiger partial charge in [0.1, 0.15) is 0 Å². The molecule has 1 aliphatic heterocycles. The van der Waals surface area contributed by atoms with Gasteiger partial charge in [-0.25, -0.2) is 4.68 Å². The lowest BCUT2D eigenvalue weighted by Crippen LogP contribution is -2.38. The van der Waals surface area contributed by atoms with E-state index in [-0.39, 0.29) is 17.4 Å². The number of ether oxygens (including phenoxy) is 1. The van der Waals surface area contributed by atoms with Crippen LogP contribution in [0.3, 0.4) is 0 Å². The normalized spacial score (nSPS) is 21.1. The van der Waals surface area contributed by atoms with Crippen molar-refractivity contribution in [2.45, 2.75) is 39.8 Å². The molecule has 24 heavy (non-hydrogen) atoms. The zero-order chi connectivity index (χ0) is 17.2. The van der Waals surface area contributed by atoms with Gasteiger partial charge in [0.25, 0.3) is 5.91 Å². The van der Waals surface area contributed by atoms with Gasteiger partial charge < -0.3 is 10.1 Å². The van der Waals surface area contributed by atoms with Crippen molar-refractivity contribution in [2.24, 2.45) is 11.3 Å². The second-order valence-electron chi connectivity index (χ2n) is 7.30. The highest BCUT2D eigenvalue weighted by molar-refractivity contribution is 7.09. The Morgan fingerprint density at radius 2 is 2.33 bits per heavy atom. The van der Waals surface area contributed by atoms with E-state index in [0.29, 0.717) is 24.7 Å². The summed E-state index contributed by atoms with van der Waals surface area (Å²) in [4.78, 5) is 13.5. The first-order valence-electron chi connectivity index (χ1n) is 8.26. The van der Waals surface area contributed by atoms with E-state index in [1.54, 1.807) is 22.2 Å². The van der Waals surface area contributed by atoms with E-state index in [9.17, 15) is 4.79 Å². The Kier molecular flexibility index (Phi) is 5.01. The van der Waals surface area contributed by atoms with Gasteiger partial charge in [-0.2, -0.15) is 0 Å². The number of thiophene rings is 1. The summed E-state index contributed by atoms with van der Waals surface area (Å²) in [6.45, 7) is 8.54. The molecule has 3 rings (SSSR count). The van der Waals surface area contributed by atoms with Crippen molar-refractivity contribution >= 4 is 17.2 Å². The first-order valence-corrected chi connectivity index (χ1v) is 9.14. The van der Waals surface area contributed by atoms with Crippen LogP contribution in [0, 0.1) is 11.3 Å². The molecule has 0 aliphatic carbocycles. The maximum Gasteiger partial charge on any atom is 0.273 e. The number of nitrogens with zero attached hydrogens (tertiary/aromatic N) is 3. The van der Waals surface area contributed by atoms with Crippen molar-refractivity contribution in [3.05, 3.63) is 34.3 Å². The Labute approximate surface area is 146 Å². The molecule has 3 heterocycles. The Morgan fingerprint density at radius 3 is 3.04 bits per heavy atom. The highest BCUT2D eigenvalue weighted by Gasteiger charge is 2.37. The molecule has 0 bridgehead atoms. The Morgan fingerprint density at radius 1 is 1.50 bits per heavy atom. The molecule has 1 fully saturated rings. The van der Waals surface area contributed by atoms with Crippen molar-refractivity contribution in [3.63, 3.8) is 0 Å². The molecule has 2 aromatic heterocycles. The van der Waals surface area contributed by atoms with Crippen molar-refractivity contribution in [3.8, 4) is 0 Å². The largest absolute Gasteiger partial charge is 0.377 e. The topological polar surface area (TPSA) is 69.0 Å². The minimum Gasteiger partial charge on any atom is -0.377 e. The van der Waals surface area contributed by atoms with Gasteiger partial charge in [-0.05, 0) is 23.3 Å². The zero-order valence-electron chi connectivity index (χ0n) is 14.4. The predicted molar refractivity (Wildman–Crippen MR) is 93.1 cm³/mol. The van der Waals surface area contributed by atoms with Gasteiger partial charge in [0.05, 0.1) is 18.8 Å². The van der Waals surface area contributed by atoms with Gasteiger partial charge in [-0.1, -0.05) is 32.1 Å². The highest BCUT2D eigenvalue weighted by Crippen LogP contribution is 2.34. The van der Waals surface area contributed by atoms with Gasteiger partial charge in [-0.3, -0.25) is 4.79 Å². The fourth-order valence-corrected chi connectivity index (χ4v) is 3.85. The van der Waals surface area contributed by atoms with Crippen molar-refractivity contribution in [1.82, 2.24) is 20.3 Å². The van der Waals surface area contributed by atoms with Gasteiger partial charge in [0.2, 0.25) is 0 Å². The fourth-order valence-electron chi connectivity index (χ4n) is 3.16. The van der Waals surface area contributed by atoms with Crippen LogP contribution in [0.5, 0.6) is 0 Å². The van der Waals surface area contributed by atoms with E-state index < -0.39 is 0 Å². The molecule has 1 aliphatic rings. The average Bonchev–Trinajstić information content (AvgIpc) is 3.25. The fraction of sp³-hybridized carbons (Fsp3) is 0.588. The van der Waals surface area contributed by atoms with Crippen molar-refractivity contribution < 1.29 is 9.53 Å². The second kappa shape index (κ2) is 7.03. The van der Waals surface area contributed by atoms with Crippen molar-refractivity contribution in [2.75, 3.05) is 13.2 Å². The standard InChI is InChI=1S/C17H24N4O2S/c1-17(2,3)15-12(6-7-23-15)9-18-16(22)14-11-21(20-19-14)10-13-5-4-8-24-13/h4-5,8,11-12,15H,6-7,9-10H2,1-3H3,(H,18,22)/t12-,15+/m1/s1. The highest BCUT2D eigenvalue weighted by atomic mass is 32.1. The third-order valence-corrected chi connectivity index (χ3v) is 5.12. The number of hydrogen-bond donors (Lipinski definition) is 1. The summed E-state index contributed by atoms with van der Waals surface area (Å²) >= 11 is 1.66. The molecule has 7 heteroatoms. The lowest BCUT2D eigenvalue weighted by molar-refractivity contribution is 0.00736. The summed E-state index contributed by atoms with van der Waals surface area (Å²) in [7, 11) is 0. The van der Waals surface area contributed by atoms with E-state index in [1.165, 1.54) is 4.88 Å². The smallest absolute Gasteiger partial charge is 0.273 e. The number of carbonyl (C=O) groups is 1. The molecule has 1 saturated heterocycles. The molecule has 2 aromatic rings. The van der Waals surface area contributed by atoms with Crippen LogP contribution in [0.25, 0.3) is 0 Å². The number of nitrogens with one attached hydrogen (secondary N) is 1. The molecular formula is C17H24N4O2S. The molecular weight excluding hydrogens is 324 g/mol. The average molecular weight is 348 g/mol. The lowest BCUT2D eigenvalue weighted by Gasteiger charge is -2.31. The second-order valence-corrected chi connectivity index (χ2v) is 8.33. The molecule has 0 saturated carbocycles. The van der Waals surface area contributed by atoms with Crippen LogP contribution in [0.1, 0.15) is 42.6 Å².